The molecule has 4 heterocycles. The smallest absolute Gasteiger partial charge is 0.180 e. The fourth-order valence-electron chi connectivity index (χ4n) is 3.54. The number of aromatic nitrogens is 3. The molecular formula is C14H19N5. The van der Waals surface area contributed by atoms with Crippen molar-refractivity contribution in [3.8, 4) is 0 Å². The number of imidazole rings is 1. The Hall–Kier alpha value is -1.62. The Morgan fingerprint density at radius 2 is 1.84 bits per heavy atom. The van der Waals surface area contributed by atoms with Crippen molar-refractivity contribution < 1.29 is 0 Å². The van der Waals surface area contributed by atoms with Gasteiger partial charge in [-0.3, -0.25) is 0 Å². The first-order valence-electron chi connectivity index (χ1n) is 7.10. The maximum atomic E-state index is 4.57. The van der Waals surface area contributed by atoms with Crippen LogP contribution in [0.15, 0.2) is 24.8 Å². The molecule has 0 radical (unpaired) electrons. The molecule has 2 aromatic rings. The lowest BCUT2D eigenvalue weighted by molar-refractivity contribution is 0.232. The number of piperidine rings is 1. The highest BCUT2D eigenvalue weighted by atomic mass is 15.2. The van der Waals surface area contributed by atoms with E-state index in [0.717, 1.165) is 37.6 Å². The van der Waals surface area contributed by atoms with E-state index in [2.05, 4.69) is 24.6 Å². The SMILES string of the molecule is c1cn2ccnc2c(N2CCC3(CCNCC3)C2)n1. The number of rotatable bonds is 1. The number of fused-ring (bicyclic) bond motifs is 1. The zero-order valence-corrected chi connectivity index (χ0v) is 11.0. The second kappa shape index (κ2) is 4.20. The average Bonchev–Trinajstić information content (AvgIpc) is 3.06. The molecule has 0 atom stereocenters. The van der Waals surface area contributed by atoms with Gasteiger partial charge in [0.15, 0.2) is 11.5 Å². The van der Waals surface area contributed by atoms with Crippen LogP contribution in [0.5, 0.6) is 0 Å². The predicted molar refractivity (Wildman–Crippen MR) is 74.4 cm³/mol. The summed E-state index contributed by atoms with van der Waals surface area (Å²) in [5.74, 6) is 1.04. The minimum absolute atomic E-state index is 0.506. The van der Waals surface area contributed by atoms with Gasteiger partial charge in [-0.25, -0.2) is 9.97 Å². The molecule has 0 amide bonds. The molecule has 1 spiro atoms. The lowest BCUT2D eigenvalue weighted by Gasteiger charge is -2.33. The summed E-state index contributed by atoms with van der Waals surface area (Å²) in [5.41, 5.74) is 1.49. The first-order chi connectivity index (χ1) is 9.36. The fourth-order valence-corrected chi connectivity index (χ4v) is 3.54. The molecule has 0 aromatic carbocycles. The standard InChI is InChI=1S/C14H19N5/c1-4-15-5-2-14(1)3-8-19(11-14)13-12-16-6-9-18(12)10-7-17-13/h6-7,9-10,15H,1-5,8,11H2. The normalized spacial score (nSPS) is 22.4. The van der Waals surface area contributed by atoms with E-state index in [1.165, 1.54) is 19.3 Å². The van der Waals surface area contributed by atoms with E-state index in [9.17, 15) is 0 Å². The highest BCUT2D eigenvalue weighted by molar-refractivity contribution is 5.64. The zero-order chi connectivity index (χ0) is 12.7. The van der Waals surface area contributed by atoms with Crippen molar-refractivity contribution >= 4 is 11.5 Å². The van der Waals surface area contributed by atoms with Crippen LogP contribution in [0.3, 0.4) is 0 Å². The molecule has 100 valence electrons. The molecule has 5 nitrogen and oxygen atoms in total. The summed E-state index contributed by atoms with van der Waals surface area (Å²) in [4.78, 5) is 11.4. The second-order valence-electron chi connectivity index (χ2n) is 5.83. The number of hydrogen-bond acceptors (Lipinski definition) is 4. The third-order valence-electron chi connectivity index (χ3n) is 4.69. The van der Waals surface area contributed by atoms with Crippen LogP contribution in [0.1, 0.15) is 19.3 Å². The molecule has 1 N–H and O–H groups in total. The van der Waals surface area contributed by atoms with Crippen molar-refractivity contribution in [2.45, 2.75) is 19.3 Å². The van der Waals surface area contributed by atoms with Crippen LogP contribution in [-0.2, 0) is 0 Å². The number of nitrogens with one attached hydrogen (secondary N) is 1. The Morgan fingerprint density at radius 3 is 2.68 bits per heavy atom. The van der Waals surface area contributed by atoms with Crippen LogP contribution in [0.25, 0.3) is 5.65 Å². The Morgan fingerprint density at radius 1 is 1.05 bits per heavy atom. The molecule has 2 saturated heterocycles. The molecule has 0 saturated carbocycles. The van der Waals surface area contributed by atoms with Gasteiger partial charge in [0.1, 0.15) is 0 Å². The summed E-state index contributed by atoms with van der Waals surface area (Å²) in [6.07, 6.45) is 11.5. The summed E-state index contributed by atoms with van der Waals surface area (Å²) >= 11 is 0. The first kappa shape index (κ1) is 11.2. The molecular weight excluding hydrogens is 238 g/mol. The van der Waals surface area contributed by atoms with Gasteiger partial charge in [-0.2, -0.15) is 0 Å². The van der Waals surface area contributed by atoms with Crippen molar-refractivity contribution in [2.75, 3.05) is 31.1 Å². The molecule has 4 rings (SSSR count). The third-order valence-corrected chi connectivity index (χ3v) is 4.69. The topological polar surface area (TPSA) is 45.5 Å². The predicted octanol–water partition coefficient (Wildman–Crippen LogP) is 1.31. The minimum Gasteiger partial charge on any atom is -0.353 e. The largest absolute Gasteiger partial charge is 0.353 e. The van der Waals surface area contributed by atoms with Gasteiger partial charge in [-0.1, -0.05) is 0 Å². The maximum Gasteiger partial charge on any atom is 0.180 e. The molecule has 2 aromatic heterocycles. The molecule has 19 heavy (non-hydrogen) atoms. The van der Waals surface area contributed by atoms with E-state index in [1.807, 2.05) is 24.8 Å². The van der Waals surface area contributed by atoms with Gasteiger partial charge >= 0.3 is 0 Å². The average molecular weight is 257 g/mol. The summed E-state index contributed by atoms with van der Waals surface area (Å²) in [7, 11) is 0. The van der Waals surface area contributed by atoms with Gasteiger partial charge < -0.3 is 14.6 Å². The van der Waals surface area contributed by atoms with E-state index in [0.29, 0.717) is 5.41 Å². The number of anilines is 1. The van der Waals surface area contributed by atoms with Crippen LogP contribution >= 0.6 is 0 Å². The number of hydrogen-bond donors (Lipinski definition) is 1. The summed E-state index contributed by atoms with van der Waals surface area (Å²) in [6.45, 7) is 4.57. The van der Waals surface area contributed by atoms with Crippen LogP contribution in [0.4, 0.5) is 5.82 Å². The Balaban J connectivity index is 1.65. The maximum absolute atomic E-state index is 4.57. The highest BCUT2D eigenvalue weighted by Crippen LogP contribution is 2.40. The highest BCUT2D eigenvalue weighted by Gasteiger charge is 2.39. The van der Waals surface area contributed by atoms with Crippen LogP contribution < -0.4 is 10.2 Å². The molecule has 5 heteroatoms. The molecule has 0 aliphatic carbocycles. The summed E-state index contributed by atoms with van der Waals surface area (Å²) < 4.78 is 2.05. The van der Waals surface area contributed by atoms with E-state index in [4.69, 9.17) is 0 Å². The zero-order valence-electron chi connectivity index (χ0n) is 11.0. The van der Waals surface area contributed by atoms with Gasteiger partial charge in [0, 0.05) is 37.9 Å². The van der Waals surface area contributed by atoms with Crippen LogP contribution in [0.2, 0.25) is 0 Å². The van der Waals surface area contributed by atoms with Crippen molar-refractivity contribution in [1.29, 1.82) is 0 Å². The quantitative estimate of drug-likeness (QED) is 0.836. The lowest BCUT2D eigenvalue weighted by atomic mass is 9.78. The molecule has 2 aliphatic heterocycles. The third kappa shape index (κ3) is 1.80. The molecule has 0 bridgehead atoms. The van der Waals surface area contributed by atoms with Gasteiger partial charge in [-0.15, -0.1) is 0 Å². The summed E-state index contributed by atoms with van der Waals surface area (Å²) in [5, 5.41) is 3.47. The van der Waals surface area contributed by atoms with Crippen molar-refractivity contribution in [3.05, 3.63) is 24.8 Å². The minimum atomic E-state index is 0.506. The van der Waals surface area contributed by atoms with Crippen molar-refractivity contribution in [1.82, 2.24) is 19.7 Å². The van der Waals surface area contributed by atoms with E-state index in [-0.39, 0.29) is 0 Å². The van der Waals surface area contributed by atoms with E-state index >= 15 is 0 Å². The number of nitrogens with zero attached hydrogens (tertiary/aromatic N) is 4. The van der Waals surface area contributed by atoms with Crippen LogP contribution in [-0.4, -0.2) is 40.5 Å². The van der Waals surface area contributed by atoms with Gasteiger partial charge in [0.2, 0.25) is 0 Å². The van der Waals surface area contributed by atoms with Gasteiger partial charge in [-0.05, 0) is 37.8 Å². The van der Waals surface area contributed by atoms with Crippen molar-refractivity contribution in [3.63, 3.8) is 0 Å². The van der Waals surface area contributed by atoms with Gasteiger partial charge in [0.25, 0.3) is 0 Å². The van der Waals surface area contributed by atoms with E-state index < -0.39 is 0 Å². The van der Waals surface area contributed by atoms with Crippen molar-refractivity contribution in [2.24, 2.45) is 5.41 Å². The first-order valence-corrected chi connectivity index (χ1v) is 7.10. The molecule has 2 aliphatic rings. The fraction of sp³-hybridized carbons (Fsp3) is 0.571. The van der Waals surface area contributed by atoms with E-state index in [1.54, 1.807) is 0 Å². The molecule has 0 unspecified atom stereocenters. The second-order valence-corrected chi connectivity index (χ2v) is 5.83. The van der Waals surface area contributed by atoms with Crippen LogP contribution in [0, 0.1) is 5.41 Å². The Labute approximate surface area is 112 Å². The molecule has 2 fully saturated rings. The lowest BCUT2D eigenvalue weighted by Crippen LogP contribution is -2.38. The monoisotopic (exact) mass is 257 g/mol. The van der Waals surface area contributed by atoms with Gasteiger partial charge in [0.05, 0.1) is 0 Å². The summed E-state index contributed by atoms with van der Waals surface area (Å²) in [6, 6.07) is 0. The Kier molecular flexibility index (Phi) is 2.48. The Bertz CT molecular complexity index is 584.